The molecule has 4 heteroatoms. The summed E-state index contributed by atoms with van der Waals surface area (Å²) in [6.45, 7) is 2.98. The van der Waals surface area contributed by atoms with Crippen LogP contribution in [0.15, 0.2) is 11.6 Å². The molecule has 1 aromatic heterocycles. The molecular weight excluding hydrogens is 268 g/mol. The molecule has 4 rings (SSSR count). The van der Waals surface area contributed by atoms with Crippen molar-refractivity contribution >= 4 is 11.3 Å². The Labute approximate surface area is 125 Å². The Bertz CT molecular complexity index is 453. The molecule has 3 atom stereocenters. The zero-order valence-corrected chi connectivity index (χ0v) is 13.0. The Morgan fingerprint density at radius 3 is 2.90 bits per heavy atom. The lowest BCUT2D eigenvalue weighted by molar-refractivity contribution is -0.175. The van der Waals surface area contributed by atoms with E-state index in [1.165, 1.54) is 43.5 Å². The van der Waals surface area contributed by atoms with Gasteiger partial charge in [-0.1, -0.05) is 6.42 Å². The number of nitrogens with one attached hydrogen (secondary N) is 1. The molecule has 3 fully saturated rings. The maximum absolute atomic E-state index is 5.96. The van der Waals surface area contributed by atoms with Crippen LogP contribution in [-0.4, -0.2) is 23.7 Å². The highest BCUT2D eigenvalue weighted by atomic mass is 32.1. The van der Waals surface area contributed by atoms with Gasteiger partial charge in [-0.25, -0.2) is 4.98 Å². The van der Waals surface area contributed by atoms with Crippen molar-refractivity contribution in [2.24, 2.45) is 11.3 Å². The lowest BCUT2D eigenvalue weighted by Crippen LogP contribution is -2.67. The van der Waals surface area contributed by atoms with E-state index >= 15 is 0 Å². The summed E-state index contributed by atoms with van der Waals surface area (Å²) in [5.74, 6) is 0.824. The molecule has 3 aliphatic carbocycles. The fourth-order valence-electron chi connectivity index (χ4n) is 4.12. The normalized spacial score (nSPS) is 32.6. The molecule has 0 amide bonds. The topological polar surface area (TPSA) is 34.1 Å². The molecule has 1 aromatic rings. The van der Waals surface area contributed by atoms with Crippen LogP contribution in [-0.2, 0) is 4.74 Å². The van der Waals surface area contributed by atoms with Gasteiger partial charge in [-0.15, -0.1) is 11.3 Å². The summed E-state index contributed by atoms with van der Waals surface area (Å²) in [7, 11) is 0. The van der Waals surface area contributed by atoms with Crippen LogP contribution in [0, 0.1) is 11.3 Å². The lowest BCUT2D eigenvalue weighted by Gasteiger charge is -2.61. The Hall–Kier alpha value is -0.450. The van der Waals surface area contributed by atoms with E-state index in [0.717, 1.165) is 12.5 Å². The van der Waals surface area contributed by atoms with Crippen LogP contribution in [0.25, 0.3) is 0 Å². The minimum Gasteiger partial charge on any atom is -0.378 e. The summed E-state index contributed by atoms with van der Waals surface area (Å²) >= 11 is 1.81. The minimum absolute atomic E-state index is 0.459. The number of thiazole rings is 1. The molecule has 3 aliphatic rings. The highest BCUT2D eigenvalue weighted by Crippen LogP contribution is 2.58. The summed E-state index contributed by atoms with van der Waals surface area (Å²) in [5, 5.41) is 7.37. The third kappa shape index (κ3) is 2.04. The van der Waals surface area contributed by atoms with Crippen molar-refractivity contribution in [3.63, 3.8) is 0 Å². The van der Waals surface area contributed by atoms with Crippen LogP contribution >= 0.6 is 11.3 Å². The summed E-state index contributed by atoms with van der Waals surface area (Å²) in [6, 6.07) is 1.15. The quantitative estimate of drug-likeness (QED) is 0.871. The van der Waals surface area contributed by atoms with Crippen molar-refractivity contribution in [3.8, 4) is 0 Å². The van der Waals surface area contributed by atoms with Crippen LogP contribution in [0.1, 0.15) is 56.5 Å². The maximum Gasteiger partial charge on any atom is 0.110 e. The standard InChI is InChI=1S/C16H24N2OS/c1-2-19-13-10-12(16(13)6-3-7-16)18-14(11-4-5-11)15-17-8-9-20-15/h8-9,11-14,18H,2-7,10H2,1H3/t12-,13+,14-/m0/s1. The van der Waals surface area contributed by atoms with Gasteiger partial charge in [-0.2, -0.15) is 0 Å². The molecule has 3 nitrogen and oxygen atoms in total. The van der Waals surface area contributed by atoms with E-state index in [1.54, 1.807) is 0 Å². The number of aromatic nitrogens is 1. The maximum atomic E-state index is 5.96. The van der Waals surface area contributed by atoms with E-state index in [9.17, 15) is 0 Å². The molecule has 0 radical (unpaired) electrons. The van der Waals surface area contributed by atoms with E-state index in [-0.39, 0.29) is 0 Å². The van der Waals surface area contributed by atoms with E-state index in [4.69, 9.17) is 4.74 Å². The molecule has 0 aromatic carbocycles. The van der Waals surface area contributed by atoms with Gasteiger partial charge in [0.2, 0.25) is 0 Å². The Balaban J connectivity index is 1.46. The first kappa shape index (κ1) is 13.2. The average Bonchev–Trinajstić information content (AvgIpc) is 3.05. The molecular formula is C16H24N2OS. The largest absolute Gasteiger partial charge is 0.378 e. The minimum atomic E-state index is 0.459. The van der Waals surface area contributed by atoms with Gasteiger partial charge in [0.15, 0.2) is 0 Å². The molecule has 20 heavy (non-hydrogen) atoms. The molecule has 0 bridgehead atoms. The molecule has 0 aliphatic heterocycles. The highest BCUT2D eigenvalue weighted by Gasteiger charge is 2.59. The first-order valence-electron chi connectivity index (χ1n) is 8.10. The predicted molar refractivity (Wildman–Crippen MR) is 80.8 cm³/mol. The van der Waals surface area contributed by atoms with E-state index < -0.39 is 0 Å². The number of nitrogens with zero attached hydrogens (tertiary/aromatic N) is 1. The van der Waals surface area contributed by atoms with E-state index in [1.807, 2.05) is 17.5 Å². The van der Waals surface area contributed by atoms with Gasteiger partial charge in [0.25, 0.3) is 0 Å². The van der Waals surface area contributed by atoms with Crippen molar-refractivity contribution < 1.29 is 4.74 Å². The van der Waals surface area contributed by atoms with Gasteiger partial charge in [0, 0.05) is 29.6 Å². The molecule has 1 N–H and O–H groups in total. The average molecular weight is 292 g/mol. The van der Waals surface area contributed by atoms with E-state index in [0.29, 0.717) is 23.6 Å². The Morgan fingerprint density at radius 1 is 1.50 bits per heavy atom. The SMILES string of the molecule is CCO[C@@H]1C[C@H](N[C@H](c2nccs2)C2CC2)C12CCC2. The van der Waals surface area contributed by atoms with Gasteiger partial charge in [0.1, 0.15) is 5.01 Å². The van der Waals surface area contributed by atoms with Gasteiger partial charge in [0.05, 0.1) is 12.1 Å². The summed E-state index contributed by atoms with van der Waals surface area (Å²) in [4.78, 5) is 4.56. The van der Waals surface area contributed by atoms with Crippen LogP contribution in [0.3, 0.4) is 0 Å². The fraction of sp³-hybridized carbons (Fsp3) is 0.812. The fourth-order valence-corrected chi connectivity index (χ4v) is 4.91. The number of hydrogen-bond donors (Lipinski definition) is 1. The highest BCUT2D eigenvalue weighted by molar-refractivity contribution is 7.09. The Morgan fingerprint density at radius 2 is 2.35 bits per heavy atom. The number of ether oxygens (including phenoxy) is 1. The first-order chi connectivity index (χ1) is 9.83. The van der Waals surface area contributed by atoms with E-state index in [2.05, 4.69) is 22.6 Å². The van der Waals surface area contributed by atoms with Gasteiger partial charge in [-0.3, -0.25) is 0 Å². The number of hydrogen-bond acceptors (Lipinski definition) is 4. The van der Waals surface area contributed by atoms with Crippen molar-refractivity contribution in [1.82, 2.24) is 10.3 Å². The van der Waals surface area contributed by atoms with Crippen molar-refractivity contribution in [1.29, 1.82) is 0 Å². The van der Waals surface area contributed by atoms with Crippen LogP contribution in [0.4, 0.5) is 0 Å². The molecule has 0 saturated heterocycles. The smallest absolute Gasteiger partial charge is 0.110 e. The molecule has 0 unspecified atom stereocenters. The molecule has 1 heterocycles. The lowest BCUT2D eigenvalue weighted by atomic mass is 9.51. The summed E-state index contributed by atoms with van der Waals surface area (Å²) in [5.41, 5.74) is 0.459. The van der Waals surface area contributed by atoms with Crippen LogP contribution < -0.4 is 5.32 Å². The van der Waals surface area contributed by atoms with Crippen LogP contribution in [0.5, 0.6) is 0 Å². The third-order valence-electron chi connectivity index (χ3n) is 5.63. The first-order valence-corrected chi connectivity index (χ1v) is 8.98. The third-order valence-corrected chi connectivity index (χ3v) is 6.49. The second kappa shape index (κ2) is 5.08. The zero-order chi connectivity index (χ0) is 13.6. The van der Waals surface area contributed by atoms with Crippen molar-refractivity contribution in [3.05, 3.63) is 16.6 Å². The monoisotopic (exact) mass is 292 g/mol. The van der Waals surface area contributed by atoms with Gasteiger partial charge >= 0.3 is 0 Å². The molecule has 3 saturated carbocycles. The van der Waals surface area contributed by atoms with Crippen molar-refractivity contribution in [2.45, 2.75) is 63.6 Å². The molecule has 110 valence electrons. The summed E-state index contributed by atoms with van der Waals surface area (Å²) in [6.07, 6.45) is 10.5. The number of rotatable bonds is 6. The second-order valence-electron chi connectivity index (χ2n) is 6.67. The predicted octanol–water partition coefficient (Wildman–Crippen LogP) is 3.53. The Kier molecular flexibility index (Phi) is 3.36. The zero-order valence-electron chi connectivity index (χ0n) is 12.2. The van der Waals surface area contributed by atoms with Gasteiger partial charge < -0.3 is 10.1 Å². The molecule has 1 spiro atoms. The van der Waals surface area contributed by atoms with Crippen LogP contribution in [0.2, 0.25) is 0 Å². The second-order valence-corrected chi connectivity index (χ2v) is 7.60. The van der Waals surface area contributed by atoms with Crippen molar-refractivity contribution in [2.75, 3.05) is 6.61 Å². The summed E-state index contributed by atoms with van der Waals surface area (Å²) < 4.78 is 5.96. The van der Waals surface area contributed by atoms with Gasteiger partial charge in [-0.05, 0) is 44.9 Å².